The molecule has 142 valence electrons. The Morgan fingerprint density at radius 3 is 2.86 bits per heavy atom. The number of alkyl halides is 2. The van der Waals surface area contributed by atoms with Crippen LogP contribution in [0, 0.1) is 0 Å². The first-order chi connectivity index (χ1) is 13.5. The number of halogens is 2. The quantitative estimate of drug-likeness (QED) is 0.560. The van der Waals surface area contributed by atoms with Gasteiger partial charge in [-0.3, -0.25) is 14.5 Å². The van der Waals surface area contributed by atoms with Crippen molar-refractivity contribution in [3.8, 4) is 11.1 Å². The van der Waals surface area contributed by atoms with Gasteiger partial charge in [0, 0.05) is 23.3 Å². The van der Waals surface area contributed by atoms with Crippen LogP contribution in [0.15, 0.2) is 53.7 Å². The smallest absolute Gasteiger partial charge is 0.311 e. The molecule has 0 aliphatic carbocycles. The fourth-order valence-electron chi connectivity index (χ4n) is 3.96. The molecule has 0 radical (unpaired) electrons. The highest BCUT2D eigenvalue weighted by Gasteiger charge is 2.44. The normalized spacial score (nSPS) is 19.3. The van der Waals surface area contributed by atoms with E-state index >= 15 is 0 Å². The van der Waals surface area contributed by atoms with Crippen molar-refractivity contribution in [1.82, 2.24) is 24.8 Å². The molecule has 1 aliphatic rings. The Morgan fingerprint density at radius 1 is 1.18 bits per heavy atom. The standard InChI is InChI=1S/C20H17F2N5O/c21-20(22)11-24-7-5-17(20)27-18-14-8-12(13-2-1-6-23-9-13)3-4-15(14)25-10-16(18)26-19(27)28/h1-4,6,8-10,17,24H,5,7,11H2,(H,26,28). The zero-order valence-electron chi connectivity index (χ0n) is 14.8. The van der Waals surface area contributed by atoms with Gasteiger partial charge < -0.3 is 10.3 Å². The Hall–Kier alpha value is -3.13. The van der Waals surface area contributed by atoms with Gasteiger partial charge in [0.1, 0.15) is 6.04 Å². The third-order valence-electron chi connectivity index (χ3n) is 5.29. The number of hydrogen-bond acceptors (Lipinski definition) is 4. The lowest BCUT2D eigenvalue weighted by molar-refractivity contribution is -0.0655. The average Bonchev–Trinajstić information content (AvgIpc) is 3.04. The number of aromatic amines is 1. The first-order valence-corrected chi connectivity index (χ1v) is 9.06. The summed E-state index contributed by atoms with van der Waals surface area (Å²) in [5.74, 6) is -3.02. The van der Waals surface area contributed by atoms with E-state index in [-0.39, 0.29) is 6.42 Å². The molecule has 1 aliphatic heterocycles. The summed E-state index contributed by atoms with van der Waals surface area (Å²) in [7, 11) is 0. The third kappa shape index (κ3) is 2.60. The maximum atomic E-state index is 14.6. The molecule has 1 aromatic carbocycles. The van der Waals surface area contributed by atoms with E-state index in [1.54, 1.807) is 12.4 Å². The number of hydrogen-bond donors (Lipinski definition) is 2. The second-order valence-corrected chi connectivity index (χ2v) is 7.04. The van der Waals surface area contributed by atoms with Gasteiger partial charge in [-0.25, -0.2) is 13.6 Å². The average molecular weight is 381 g/mol. The molecule has 6 nitrogen and oxygen atoms in total. The van der Waals surface area contributed by atoms with E-state index in [4.69, 9.17) is 0 Å². The number of piperidine rings is 1. The van der Waals surface area contributed by atoms with E-state index in [1.807, 2.05) is 30.3 Å². The van der Waals surface area contributed by atoms with Gasteiger partial charge in [0.2, 0.25) is 0 Å². The molecular formula is C20H17F2N5O. The third-order valence-corrected chi connectivity index (χ3v) is 5.29. The number of fused-ring (bicyclic) bond motifs is 3. The number of benzene rings is 1. The predicted molar refractivity (Wildman–Crippen MR) is 103 cm³/mol. The number of pyridine rings is 2. The molecule has 5 rings (SSSR count). The minimum Gasteiger partial charge on any atom is -0.311 e. The SMILES string of the molecule is O=c1[nH]c2cnc3ccc(-c4cccnc4)cc3c2n1C1CCNCC1(F)F. The van der Waals surface area contributed by atoms with Gasteiger partial charge in [0.15, 0.2) is 0 Å². The van der Waals surface area contributed by atoms with Crippen molar-refractivity contribution in [2.75, 3.05) is 13.1 Å². The largest absolute Gasteiger partial charge is 0.326 e. The zero-order valence-corrected chi connectivity index (χ0v) is 14.8. The summed E-state index contributed by atoms with van der Waals surface area (Å²) >= 11 is 0. The van der Waals surface area contributed by atoms with Gasteiger partial charge >= 0.3 is 5.69 Å². The molecule has 28 heavy (non-hydrogen) atoms. The van der Waals surface area contributed by atoms with Crippen LogP contribution in [0.2, 0.25) is 0 Å². The molecule has 2 N–H and O–H groups in total. The molecule has 0 bridgehead atoms. The van der Waals surface area contributed by atoms with E-state index in [1.165, 1.54) is 10.8 Å². The molecule has 1 atom stereocenters. The first kappa shape index (κ1) is 17.0. The zero-order chi connectivity index (χ0) is 19.3. The highest BCUT2D eigenvalue weighted by atomic mass is 19.3. The Balaban J connectivity index is 1.80. The van der Waals surface area contributed by atoms with Crippen molar-refractivity contribution >= 4 is 21.9 Å². The van der Waals surface area contributed by atoms with Crippen molar-refractivity contribution in [2.45, 2.75) is 18.4 Å². The summed E-state index contributed by atoms with van der Waals surface area (Å²) < 4.78 is 30.5. The van der Waals surface area contributed by atoms with Crippen LogP contribution in [-0.4, -0.2) is 38.5 Å². The minimum absolute atomic E-state index is 0.173. The Morgan fingerprint density at radius 2 is 2.07 bits per heavy atom. The molecule has 1 unspecified atom stereocenters. The molecule has 4 heterocycles. The van der Waals surface area contributed by atoms with E-state index in [9.17, 15) is 13.6 Å². The van der Waals surface area contributed by atoms with Crippen LogP contribution >= 0.6 is 0 Å². The summed E-state index contributed by atoms with van der Waals surface area (Å²) in [6, 6.07) is 8.17. The number of aromatic nitrogens is 4. The number of nitrogens with zero attached hydrogens (tertiary/aromatic N) is 3. The van der Waals surface area contributed by atoms with E-state index < -0.39 is 24.2 Å². The molecule has 1 saturated heterocycles. The Labute approximate surface area is 158 Å². The van der Waals surface area contributed by atoms with Gasteiger partial charge in [-0.15, -0.1) is 0 Å². The highest BCUT2D eigenvalue weighted by Crippen LogP contribution is 2.36. The van der Waals surface area contributed by atoms with Gasteiger partial charge in [0.25, 0.3) is 5.92 Å². The van der Waals surface area contributed by atoms with Gasteiger partial charge in [-0.2, -0.15) is 0 Å². The number of H-pyrrole nitrogens is 1. The van der Waals surface area contributed by atoms with E-state index in [2.05, 4.69) is 20.3 Å². The molecule has 3 aromatic heterocycles. The van der Waals surface area contributed by atoms with Crippen LogP contribution in [0.4, 0.5) is 8.78 Å². The number of nitrogens with one attached hydrogen (secondary N) is 2. The van der Waals surface area contributed by atoms with Crippen molar-refractivity contribution in [2.24, 2.45) is 0 Å². The van der Waals surface area contributed by atoms with Crippen LogP contribution in [0.1, 0.15) is 12.5 Å². The fraction of sp³-hybridized carbons (Fsp3) is 0.250. The predicted octanol–water partition coefficient (Wildman–Crippen LogP) is 3.11. The molecule has 4 aromatic rings. The molecule has 0 amide bonds. The lowest BCUT2D eigenvalue weighted by atomic mass is 10.0. The minimum atomic E-state index is -3.02. The number of rotatable bonds is 2. The fourth-order valence-corrected chi connectivity index (χ4v) is 3.96. The van der Waals surface area contributed by atoms with Crippen LogP contribution in [-0.2, 0) is 0 Å². The highest BCUT2D eigenvalue weighted by molar-refractivity contribution is 6.03. The van der Waals surface area contributed by atoms with Crippen LogP contribution in [0.5, 0.6) is 0 Å². The monoisotopic (exact) mass is 381 g/mol. The van der Waals surface area contributed by atoms with Crippen molar-refractivity contribution < 1.29 is 8.78 Å². The summed E-state index contributed by atoms with van der Waals surface area (Å²) in [5, 5.41) is 3.37. The van der Waals surface area contributed by atoms with Crippen LogP contribution in [0.25, 0.3) is 33.1 Å². The Kier molecular flexibility index (Phi) is 3.77. The molecule has 0 spiro atoms. The second-order valence-electron chi connectivity index (χ2n) is 7.04. The van der Waals surface area contributed by atoms with Crippen molar-refractivity contribution in [3.05, 3.63) is 59.4 Å². The second kappa shape index (κ2) is 6.20. The van der Waals surface area contributed by atoms with Gasteiger partial charge in [-0.05, 0) is 36.7 Å². The summed E-state index contributed by atoms with van der Waals surface area (Å²) in [6.07, 6.45) is 5.12. The molecule has 0 saturated carbocycles. The van der Waals surface area contributed by atoms with Crippen LogP contribution < -0.4 is 11.0 Å². The van der Waals surface area contributed by atoms with E-state index in [0.717, 1.165) is 11.1 Å². The summed E-state index contributed by atoms with van der Waals surface area (Å²) in [5.41, 5.74) is 2.81. The maximum Gasteiger partial charge on any atom is 0.326 e. The van der Waals surface area contributed by atoms with Crippen molar-refractivity contribution in [1.29, 1.82) is 0 Å². The van der Waals surface area contributed by atoms with E-state index in [0.29, 0.717) is 28.5 Å². The Bertz CT molecular complexity index is 1230. The van der Waals surface area contributed by atoms with Crippen molar-refractivity contribution in [3.63, 3.8) is 0 Å². The molecule has 1 fully saturated rings. The first-order valence-electron chi connectivity index (χ1n) is 9.06. The lowest BCUT2D eigenvalue weighted by Gasteiger charge is -2.32. The topological polar surface area (TPSA) is 75.6 Å². The maximum absolute atomic E-state index is 14.6. The van der Waals surface area contributed by atoms with Gasteiger partial charge in [0.05, 0.1) is 29.3 Å². The number of imidazole rings is 1. The lowest BCUT2D eigenvalue weighted by Crippen LogP contribution is -2.48. The molecular weight excluding hydrogens is 364 g/mol. The summed E-state index contributed by atoms with van der Waals surface area (Å²) in [4.78, 5) is 23.8. The van der Waals surface area contributed by atoms with Crippen LogP contribution in [0.3, 0.4) is 0 Å². The van der Waals surface area contributed by atoms with Gasteiger partial charge in [-0.1, -0.05) is 12.1 Å². The summed E-state index contributed by atoms with van der Waals surface area (Å²) in [6.45, 7) is -0.00987. The molecule has 8 heteroatoms.